The van der Waals surface area contributed by atoms with Crippen molar-refractivity contribution in [1.29, 1.82) is 0 Å². The van der Waals surface area contributed by atoms with Gasteiger partial charge in [-0.05, 0) is 12.1 Å². The molecule has 0 aliphatic carbocycles. The quantitative estimate of drug-likeness (QED) is 0.601. The van der Waals surface area contributed by atoms with E-state index in [9.17, 15) is 4.79 Å². The Hall–Kier alpha value is -0.530. The third-order valence-corrected chi connectivity index (χ3v) is 1.78. The van der Waals surface area contributed by atoms with Crippen LogP contribution in [0.1, 0.15) is 11.7 Å². The van der Waals surface area contributed by atoms with Crippen LogP contribution in [0.4, 0.5) is 0 Å². The van der Waals surface area contributed by atoms with Gasteiger partial charge >= 0.3 is 0 Å². The normalized spacial score (nSPS) is 10.8. The highest BCUT2D eigenvalue weighted by molar-refractivity contribution is 6.42. The van der Waals surface area contributed by atoms with Gasteiger partial charge in [0.25, 0.3) is 0 Å². The molecule has 52 valence electrons. The highest BCUT2D eigenvalue weighted by atomic mass is 35.5. The maximum absolute atomic E-state index is 10.5. The number of rotatable bonds is 1. The van der Waals surface area contributed by atoms with Crippen LogP contribution in [0.2, 0.25) is 10.0 Å². The second-order valence-corrected chi connectivity index (χ2v) is 2.55. The molecule has 1 aromatic carbocycles. The van der Waals surface area contributed by atoms with Gasteiger partial charge in [0.05, 0.1) is 10.0 Å². The van der Waals surface area contributed by atoms with Crippen molar-refractivity contribution >= 4 is 29.5 Å². The van der Waals surface area contributed by atoms with E-state index >= 15 is 0 Å². The van der Waals surface area contributed by atoms with E-state index in [0.29, 0.717) is 10.0 Å². The number of hydrogen-bond donors (Lipinski definition) is 0. The standard InChI is InChI=1S/C7H4Cl2O/c8-6-2-1-5(4-10)3-7(6)9/h1-4H/i4D. The highest BCUT2D eigenvalue weighted by Crippen LogP contribution is 2.21. The van der Waals surface area contributed by atoms with E-state index in [-0.39, 0.29) is 5.56 Å². The first-order valence-corrected chi connectivity index (χ1v) is 3.33. The van der Waals surface area contributed by atoms with Crippen LogP contribution in [0.15, 0.2) is 18.2 Å². The zero-order valence-corrected chi connectivity index (χ0v) is 6.41. The van der Waals surface area contributed by atoms with Crippen molar-refractivity contribution in [3.05, 3.63) is 33.8 Å². The lowest BCUT2D eigenvalue weighted by molar-refractivity contribution is 0.112. The summed E-state index contributed by atoms with van der Waals surface area (Å²) in [4.78, 5) is 10.5. The fourth-order valence-corrected chi connectivity index (χ4v) is 0.858. The first kappa shape index (κ1) is 6.20. The Bertz CT molecular complexity index is 298. The summed E-state index contributed by atoms with van der Waals surface area (Å²) in [5.74, 6) is 0. The van der Waals surface area contributed by atoms with Crippen molar-refractivity contribution in [1.82, 2.24) is 0 Å². The Labute approximate surface area is 70.0 Å². The van der Waals surface area contributed by atoms with Crippen LogP contribution in [0, 0.1) is 0 Å². The van der Waals surface area contributed by atoms with Gasteiger partial charge in [-0.2, -0.15) is 0 Å². The van der Waals surface area contributed by atoms with Crippen molar-refractivity contribution < 1.29 is 6.17 Å². The van der Waals surface area contributed by atoms with E-state index in [4.69, 9.17) is 24.6 Å². The van der Waals surface area contributed by atoms with E-state index < -0.39 is 6.26 Å². The van der Waals surface area contributed by atoms with Gasteiger partial charge in [-0.25, -0.2) is 0 Å². The number of halogens is 2. The van der Waals surface area contributed by atoms with Gasteiger partial charge in [0.15, 0.2) is 0 Å². The highest BCUT2D eigenvalue weighted by Gasteiger charge is 1.96. The average Bonchev–Trinajstić information content (AvgIpc) is 1.94. The van der Waals surface area contributed by atoms with Crippen LogP contribution >= 0.6 is 23.2 Å². The lowest BCUT2D eigenvalue weighted by Crippen LogP contribution is -1.77. The van der Waals surface area contributed by atoms with Gasteiger partial charge in [-0.1, -0.05) is 29.3 Å². The zero-order valence-electron chi connectivity index (χ0n) is 5.90. The van der Waals surface area contributed by atoms with Gasteiger partial charge in [0, 0.05) is 5.56 Å². The molecule has 0 aliphatic heterocycles. The number of aldehydes is 1. The second kappa shape index (κ2) is 3.04. The summed E-state index contributed by atoms with van der Waals surface area (Å²) >= 11 is 11.2. The van der Waals surface area contributed by atoms with Gasteiger partial charge in [-0.15, -0.1) is 0 Å². The molecule has 0 atom stereocenters. The minimum absolute atomic E-state index is 0.249. The molecule has 0 spiro atoms. The van der Waals surface area contributed by atoms with Crippen LogP contribution < -0.4 is 0 Å². The fourth-order valence-electron chi connectivity index (χ4n) is 0.560. The Balaban J connectivity index is 3.15. The van der Waals surface area contributed by atoms with E-state index in [1.54, 1.807) is 0 Å². The lowest BCUT2D eigenvalue weighted by atomic mass is 10.2. The summed E-state index contributed by atoms with van der Waals surface area (Å²) in [5, 5.41) is 0.682. The van der Waals surface area contributed by atoms with E-state index in [2.05, 4.69) is 0 Å². The number of carbonyl (C=O) groups is 1. The molecule has 0 heterocycles. The van der Waals surface area contributed by atoms with Crippen LogP contribution in [0.5, 0.6) is 0 Å². The Morgan fingerprint density at radius 3 is 2.60 bits per heavy atom. The molecular formula is C7H4Cl2O. The van der Waals surface area contributed by atoms with Gasteiger partial charge in [0.2, 0.25) is 0 Å². The van der Waals surface area contributed by atoms with Crippen LogP contribution in [0.3, 0.4) is 0 Å². The maximum Gasteiger partial charge on any atom is 0.150 e. The van der Waals surface area contributed by atoms with Crippen molar-refractivity contribution in [2.24, 2.45) is 0 Å². The molecule has 1 aromatic rings. The number of hydrogen-bond acceptors (Lipinski definition) is 1. The van der Waals surface area contributed by atoms with E-state index in [0.717, 1.165) is 0 Å². The third kappa shape index (κ3) is 1.49. The molecule has 1 rings (SSSR count). The van der Waals surface area contributed by atoms with Crippen molar-refractivity contribution in [3.8, 4) is 0 Å². The monoisotopic (exact) mass is 175 g/mol. The number of benzene rings is 1. The molecule has 0 unspecified atom stereocenters. The van der Waals surface area contributed by atoms with Crippen LogP contribution in [0.25, 0.3) is 0 Å². The van der Waals surface area contributed by atoms with E-state index in [1.807, 2.05) is 0 Å². The summed E-state index contributed by atoms with van der Waals surface area (Å²) in [7, 11) is 0. The van der Waals surface area contributed by atoms with Gasteiger partial charge in [0.1, 0.15) is 7.63 Å². The van der Waals surface area contributed by atoms with Crippen LogP contribution in [-0.2, 0) is 0 Å². The second-order valence-electron chi connectivity index (χ2n) is 1.73. The lowest BCUT2D eigenvalue weighted by Gasteiger charge is -1.93. The van der Waals surface area contributed by atoms with Crippen LogP contribution in [-0.4, -0.2) is 6.26 Å². The van der Waals surface area contributed by atoms with Crippen molar-refractivity contribution in [2.45, 2.75) is 0 Å². The first-order valence-electron chi connectivity index (χ1n) is 3.07. The molecule has 0 aliphatic rings. The topological polar surface area (TPSA) is 17.1 Å². The zero-order chi connectivity index (χ0) is 8.43. The molecule has 0 saturated heterocycles. The Morgan fingerprint density at radius 2 is 2.10 bits per heavy atom. The minimum atomic E-state index is -0.761. The predicted molar refractivity (Wildman–Crippen MR) is 41.8 cm³/mol. The molecule has 0 amide bonds. The summed E-state index contributed by atoms with van der Waals surface area (Å²) < 4.78 is 6.75. The average molecular weight is 176 g/mol. The molecule has 0 radical (unpaired) electrons. The summed E-state index contributed by atoms with van der Waals surface area (Å²) in [6, 6.07) is 4.33. The van der Waals surface area contributed by atoms with Crippen molar-refractivity contribution in [3.63, 3.8) is 0 Å². The molecule has 10 heavy (non-hydrogen) atoms. The Morgan fingerprint density at radius 1 is 1.40 bits per heavy atom. The van der Waals surface area contributed by atoms with Gasteiger partial charge in [-0.3, -0.25) is 4.79 Å². The minimum Gasteiger partial charge on any atom is -0.298 e. The largest absolute Gasteiger partial charge is 0.298 e. The van der Waals surface area contributed by atoms with Gasteiger partial charge < -0.3 is 0 Å². The summed E-state index contributed by atoms with van der Waals surface area (Å²) in [6.45, 7) is 0. The molecule has 0 N–H and O–H groups in total. The van der Waals surface area contributed by atoms with Crippen molar-refractivity contribution in [2.75, 3.05) is 0 Å². The number of carbonyl (C=O) groups excluding carboxylic acids is 1. The summed E-state index contributed by atoms with van der Waals surface area (Å²) in [6.07, 6.45) is -0.761. The molecule has 1 nitrogen and oxygen atoms in total. The molecule has 0 saturated carbocycles. The predicted octanol–water partition coefficient (Wildman–Crippen LogP) is 2.81. The molecule has 3 heteroatoms. The third-order valence-electron chi connectivity index (χ3n) is 1.04. The smallest absolute Gasteiger partial charge is 0.150 e. The summed E-state index contributed by atoms with van der Waals surface area (Å²) in [5.41, 5.74) is 0.249. The molecule has 0 fully saturated rings. The maximum atomic E-state index is 10.5. The molecule has 0 aromatic heterocycles. The SMILES string of the molecule is [2H]C(=O)c1ccc(Cl)c(Cl)c1. The van der Waals surface area contributed by atoms with E-state index in [1.165, 1.54) is 18.2 Å². The Kier molecular flexibility index (Phi) is 1.88. The first-order chi connectivity index (χ1) is 5.11. The molecule has 0 bridgehead atoms. The fraction of sp³-hybridized carbons (Fsp3) is 0. The molecular weight excluding hydrogens is 171 g/mol.